The number of nitrogens with two attached hydrogens (primary N) is 1. The molecule has 0 unspecified atom stereocenters. The summed E-state index contributed by atoms with van der Waals surface area (Å²) < 4.78 is 0. The number of anilines is 1. The Morgan fingerprint density at radius 3 is 2.42 bits per heavy atom. The summed E-state index contributed by atoms with van der Waals surface area (Å²) >= 11 is 0. The van der Waals surface area contributed by atoms with Crippen molar-refractivity contribution in [2.24, 2.45) is 5.84 Å². The van der Waals surface area contributed by atoms with Crippen molar-refractivity contribution in [3.63, 3.8) is 0 Å². The molecular weight excluding hydrogens is 224 g/mol. The Kier molecular flexibility index (Phi) is 4.31. The molecule has 1 rings (SSSR count). The van der Waals surface area contributed by atoms with Crippen LogP contribution >= 0.6 is 17.0 Å². The van der Waals surface area contributed by atoms with Crippen LogP contribution in [0.1, 0.15) is 10.4 Å². The van der Waals surface area contributed by atoms with Gasteiger partial charge in [0.05, 0.1) is 11.3 Å². The molecule has 66 valence electrons. The summed E-state index contributed by atoms with van der Waals surface area (Å²) in [4.78, 5) is 10.5. The van der Waals surface area contributed by atoms with Crippen LogP contribution in [0.5, 0.6) is 0 Å². The van der Waals surface area contributed by atoms with E-state index in [1.165, 1.54) is 6.07 Å². The summed E-state index contributed by atoms with van der Waals surface area (Å²) in [6, 6.07) is 6.44. The van der Waals surface area contributed by atoms with Gasteiger partial charge < -0.3 is 10.5 Å². The highest BCUT2D eigenvalue weighted by Gasteiger charge is 2.06. The number of hydrazine groups is 1. The van der Waals surface area contributed by atoms with Crippen LogP contribution < -0.4 is 11.3 Å². The predicted octanol–water partition coefficient (Wildman–Crippen LogP) is 1.25. The first-order chi connectivity index (χ1) is 5.25. The maximum Gasteiger partial charge on any atom is 0.337 e. The molecule has 0 radical (unpaired) electrons. The van der Waals surface area contributed by atoms with E-state index in [0.29, 0.717) is 5.69 Å². The van der Waals surface area contributed by atoms with Gasteiger partial charge in [0.25, 0.3) is 0 Å². The Morgan fingerprint density at radius 1 is 1.42 bits per heavy atom. The summed E-state index contributed by atoms with van der Waals surface area (Å²) in [5.74, 6) is 4.09. The van der Waals surface area contributed by atoms with Gasteiger partial charge in [-0.2, -0.15) is 0 Å². The molecule has 0 aliphatic rings. The zero-order valence-corrected chi connectivity index (χ0v) is 7.86. The summed E-state index contributed by atoms with van der Waals surface area (Å²) in [6.07, 6.45) is 0. The second kappa shape index (κ2) is 4.74. The number of nitrogens with one attached hydrogen (secondary N) is 1. The molecule has 0 atom stereocenters. The Balaban J connectivity index is 0.00000121. The third-order valence-corrected chi connectivity index (χ3v) is 1.31. The van der Waals surface area contributed by atoms with E-state index in [1.54, 1.807) is 18.2 Å². The van der Waals surface area contributed by atoms with E-state index in [4.69, 9.17) is 10.9 Å². The number of halogens is 1. The molecule has 4 nitrogen and oxygen atoms in total. The van der Waals surface area contributed by atoms with Gasteiger partial charge >= 0.3 is 5.97 Å². The van der Waals surface area contributed by atoms with E-state index in [1.807, 2.05) is 0 Å². The molecule has 12 heavy (non-hydrogen) atoms. The lowest BCUT2D eigenvalue weighted by atomic mass is 10.2. The number of benzene rings is 1. The molecule has 0 heterocycles. The van der Waals surface area contributed by atoms with Gasteiger partial charge in [0.1, 0.15) is 0 Å². The molecule has 5 heteroatoms. The van der Waals surface area contributed by atoms with Gasteiger partial charge in [-0.25, -0.2) is 4.79 Å². The lowest BCUT2D eigenvalue weighted by molar-refractivity contribution is 0.0698. The van der Waals surface area contributed by atoms with Crippen LogP contribution in [0.4, 0.5) is 5.69 Å². The van der Waals surface area contributed by atoms with Gasteiger partial charge in [-0.3, -0.25) is 5.84 Å². The summed E-state index contributed by atoms with van der Waals surface area (Å²) in [5.41, 5.74) is 2.89. The number of aromatic carboxylic acids is 1. The minimum atomic E-state index is -0.987. The third kappa shape index (κ3) is 2.21. The van der Waals surface area contributed by atoms with Crippen LogP contribution in [0.25, 0.3) is 0 Å². The van der Waals surface area contributed by atoms with Gasteiger partial charge in [-0.1, -0.05) is 12.1 Å². The Hall–Kier alpha value is -1.07. The third-order valence-electron chi connectivity index (χ3n) is 1.31. The van der Waals surface area contributed by atoms with E-state index in [9.17, 15) is 4.79 Å². The van der Waals surface area contributed by atoms with E-state index in [-0.39, 0.29) is 22.5 Å². The number of nitrogen functional groups attached to an aromatic ring is 1. The van der Waals surface area contributed by atoms with Crippen LogP contribution in [0.2, 0.25) is 0 Å². The molecule has 1 aromatic rings. The van der Waals surface area contributed by atoms with Gasteiger partial charge in [-0.15, -0.1) is 17.0 Å². The average Bonchev–Trinajstić information content (AvgIpc) is 2.04. The summed E-state index contributed by atoms with van der Waals surface area (Å²) in [5, 5.41) is 8.60. The molecule has 0 spiro atoms. The first kappa shape index (κ1) is 10.9. The second-order valence-electron chi connectivity index (χ2n) is 2.00. The minimum Gasteiger partial charge on any atom is -0.478 e. The Bertz CT molecular complexity index is 278. The van der Waals surface area contributed by atoms with Gasteiger partial charge in [0.15, 0.2) is 0 Å². The van der Waals surface area contributed by atoms with Crippen molar-refractivity contribution >= 4 is 28.6 Å². The number of hydrogen-bond donors (Lipinski definition) is 3. The van der Waals surface area contributed by atoms with Gasteiger partial charge in [0.2, 0.25) is 0 Å². The number of carbonyl (C=O) groups is 1. The molecule has 0 aliphatic heterocycles. The molecular formula is C7H9BrN2O2. The van der Waals surface area contributed by atoms with Crippen LogP contribution in [0.15, 0.2) is 24.3 Å². The predicted molar refractivity (Wildman–Crippen MR) is 51.5 cm³/mol. The Morgan fingerprint density at radius 2 is 2.00 bits per heavy atom. The topological polar surface area (TPSA) is 75.3 Å². The SMILES string of the molecule is Br.NNc1ccccc1C(=O)O. The van der Waals surface area contributed by atoms with Crippen LogP contribution in [0, 0.1) is 0 Å². The fraction of sp³-hybridized carbons (Fsp3) is 0. The molecule has 0 amide bonds. The number of carboxylic acids is 1. The summed E-state index contributed by atoms with van der Waals surface area (Å²) in [6.45, 7) is 0. The monoisotopic (exact) mass is 232 g/mol. The molecule has 0 saturated carbocycles. The maximum absolute atomic E-state index is 10.5. The van der Waals surface area contributed by atoms with Gasteiger partial charge in [0, 0.05) is 0 Å². The molecule has 0 saturated heterocycles. The molecule has 0 aromatic heterocycles. The second-order valence-corrected chi connectivity index (χ2v) is 2.00. The van der Waals surface area contributed by atoms with Gasteiger partial charge in [-0.05, 0) is 12.1 Å². The number of hydrogen-bond acceptors (Lipinski definition) is 3. The number of para-hydroxylation sites is 1. The quantitative estimate of drug-likeness (QED) is 0.530. The normalized spacial score (nSPS) is 8.42. The highest BCUT2D eigenvalue weighted by molar-refractivity contribution is 8.93. The number of carboxylic acid groups (broad SMARTS) is 1. The molecule has 4 N–H and O–H groups in total. The fourth-order valence-corrected chi connectivity index (χ4v) is 0.795. The lowest BCUT2D eigenvalue weighted by Crippen LogP contribution is -2.11. The zero-order valence-electron chi connectivity index (χ0n) is 6.15. The lowest BCUT2D eigenvalue weighted by Gasteiger charge is -2.02. The molecule has 0 aliphatic carbocycles. The van der Waals surface area contributed by atoms with Crippen LogP contribution in [-0.2, 0) is 0 Å². The highest BCUT2D eigenvalue weighted by atomic mass is 79.9. The van der Waals surface area contributed by atoms with E-state index in [2.05, 4.69) is 5.43 Å². The van der Waals surface area contributed by atoms with Crippen molar-refractivity contribution in [2.45, 2.75) is 0 Å². The standard InChI is InChI=1S/C7H8N2O2.BrH/c8-9-6-4-2-1-3-5(6)7(10)11;/h1-4,9H,8H2,(H,10,11);1H. The molecule has 0 fully saturated rings. The highest BCUT2D eigenvalue weighted by Crippen LogP contribution is 2.12. The van der Waals surface area contributed by atoms with E-state index in [0.717, 1.165) is 0 Å². The first-order valence-corrected chi connectivity index (χ1v) is 3.04. The van der Waals surface area contributed by atoms with Crippen molar-refractivity contribution in [2.75, 3.05) is 5.43 Å². The van der Waals surface area contributed by atoms with Crippen LogP contribution in [-0.4, -0.2) is 11.1 Å². The Labute approximate surface area is 80.1 Å². The maximum atomic E-state index is 10.5. The van der Waals surface area contributed by atoms with E-state index >= 15 is 0 Å². The summed E-state index contributed by atoms with van der Waals surface area (Å²) in [7, 11) is 0. The minimum absolute atomic E-state index is 0. The molecule has 0 bridgehead atoms. The zero-order chi connectivity index (χ0) is 8.27. The smallest absolute Gasteiger partial charge is 0.337 e. The van der Waals surface area contributed by atoms with Crippen molar-refractivity contribution in [3.8, 4) is 0 Å². The van der Waals surface area contributed by atoms with Crippen molar-refractivity contribution in [1.82, 2.24) is 0 Å². The van der Waals surface area contributed by atoms with Crippen molar-refractivity contribution in [3.05, 3.63) is 29.8 Å². The first-order valence-electron chi connectivity index (χ1n) is 3.04. The van der Waals surface area contributed by atoms with Crippen molar-refractivity contribution in [1.29, 1.82) is 0 Å². The number of rotatable bonds is 2. The van der Waals surface area contributed by atoms with Crippen LogP contribution in [0.3, 0.4) is 0 Å². The largest absolute Gasteiger partial charge is 0.478 e. The fourth-order valence-electron chi connectivity index (χ4n) is 0.795. The molecule has 1 aromatic carbocycles. The van der Waals surface area contributed by atoms with Crippen molar-refractivity contribution < 1.29 is 9.90 Å². The van der Waals surface area contributed by atoms with E-state index < -0.39 is 5.97 Å². The average molecular weight is 233 g/mol.